The molecule has 4 nitrogen and oxygen atoms in total. The zero-order chi connectivity index (χ0) is 15.4. The van der Waals surface area contributed by atoms with E-state index in [1.165, 1.54) is 12.8 Å². The monoisotopic (exact) mass is 332 g/mol. The van der Waals surface area contributed by atoms with Gasteiger partial charge in [0.25, 0.3) is 0 Å². The predicted molar refractivity (Wildman–Crippen MR) is 92.0 cm³/mol. The van der Waals surface area contributed by atoms with E-state index in [-0.39, 0.29) is 0 Å². The topological polar surface area (TPSA) is 34.0 Å². The molecule has 1 fully saturated rings. The van der Waals surface area contributed by atoms with Gasteiger partial charge in [0.1, 0.15) is 0 Å². The van der Waals surface area contributed by atoms with Gasteiger partial charge in [0, 0.05) is 18.1 Å². The van der Waals surface area contributed by atoms with E-state index in [1.807, 2.05) is 31.2 Å². The fourth-order valence-corrected chi connectivity index (χ4v) is 3.44. The van der Waals surface area contributed by atoms with Crippen molar-refractivity contribution < 1.29 is 0 Å². The number of anilines is 1. The Hall–Kier alpha value is -1.64. The number of aromatic nitrogens is 3. The first kappa shape index (κ1) is 15.3. The maximum Gasteiger partial charge on any atom is 0.232 e. The van der Waals surface area contributed by atoms with Crippen LogP contribution in [0.1, 0.15) is 19.8 Å². The quantitative estimate of drug-likeness (QED) is 0.632. The van der Waals surface area contributed by atoms with Gasteiger partial charge in [0.05, 0.1) is 11.4 Å². The molecule has 6 heteroatoms. The first-order valence-electron chi connectivity index (χ1n) is 7.28. The lowest BCUT2D eigenvalue weighted by atomic mass is 10.3. The lowest BCUT2D eigenvalue weighted by Crippen LogP contribution is -2.22. The summed E-state index contributed by atoms with van der Waals surface area (Å²) in [5, 5.41) is 10.3. The van der Waals surface area contributed by atoms with Crippen LogP contribution in [-0.4, -0.2) is 33.6 Å². The molecule has 1 saturated heterocycles. The third kappa shape index (κ3) is 3.23. The SMILES string of the molecule is CC#CCSc1nnc(N2CCCC2)n1-c1cccc(Cl)c1. The van der Waals surface area contributed by atoms with Crippen molar-refractivity contribution >= 4 is 29.3 Å². The lowest BCUT2D eigenvalue weighted by molar-refractivity contribution is 0.842. The van der Waals surface area contributed by atoms with Gasteiger partial charge in [-0.2, -0.15) is 0 Å². The molecule has 1 aromatic carbocycles. The second kappa shape index (κ2) is 7.08. The van der Waals surface area contributed by atoms with E-state index in [2.05, 4.69) is 31.5 Å². The number of rotatable bonds is 4. The van der Waals surface area contributed by atoms with Crippen LogP contribution < -0.4 is 4.90 Å². The predicted octanol–water partition coefficient (Wildman–Crippen LogP) is 3.64. The van der Waals surface area contributed by atoms with Crippen LogP contribution in [0.25, 0.3) is 5.69 Å². The molecule has 1 aromatic heterocycles. The zero-order valence-electron chi connectivity index (χ0n) is 12.4. The minimum absolute atomic E-state index is 0.704. The van der Waals surface area contributed by atoms with Crippen LogP contribution in [0.4, 0.5) is 5.95 Å². The molecule has 22 heavy (non-hydrogen) atoms. The molecule has 1 aliphatic heterocycles. The van der Waals surface area contributed by atoms with Crippen molar-refractivity contribution in [1.29, 1.82) is 0 Å². The molecule has 0 atom stereocenters. The molecule has 3 rings (SSSR count). The van der Waals surface area contributed by atoms with Crippen LogP contribution in [0.15, 0.2) is 29.4 Å². The minimum atomic E-state index is 0.704. The Bertz CT molecular complexity index is 710. The number of hydrogen-bond acceptors (Lipinski definition) is 4. The summed E-state index contributed by atoms with van der Waals surface area (Å²) in [4.78, 5) is 2.28. The van der Waals surface area contributed by atoms with Crippen molar-refractivity contribution in [2.45, 2.75) is 24.9 Å². The maximum atomic E-state index is 6.16. The molecule has 0 saturated carbocycles. The van der Waals surface area contributed by atoms with E-state index >= 15 is 0 Å². The van der Waals surface area contributed by atoms with Gasteiger partial charge in [0.2, 0.25) is 5.95 Å². The Kier molecular flexibility index (Phi) is 4.91. The first-order valence-corrected chi connectivity index (χ1v) is 8.64. The maximum absolute atomic E-state index is 6.16. The van der Waals surface area contributed by atoms with Crippen LogP contribution in [0.5, 0.6) is 0 Å². The van der Waals surface area contributed by atoms with Gasteiger partial charge in [0.15, 0.2) is 5.16 Å². The molecule has 2 heterocycles. The number of halogens is 1. The summed E-state index contributed by atoms with van der Waals surface area (Å²) in [6, 6.07) is 7.80. The van der Waals surface area contributed by atoms with E-state index in [1.54, 1.807) is 11.8 Å². The number of nitrogens with zero attached hydrogens (tertiary/aromatic N) is 4. The van der Waals surface area contributed by atoms with Gasteiger partial charge in [-0.05, 0) is 38.0 Å². The Labute approximate surface area is 139 Å². The van der Waals surface area contributed by atoms with Crippen LogP contribution in [0, 0.1) is 11.8 Å². The standard InChI is InChI=1S/C16H17ClN4S/c1-2-3-11-22-16-19-18-15(20-9-4-5-10-20)21(16)14-8-6-7-13(17)12-14/h6-8,12H,4-5,9-11H2,1H3. The molecule has 0 unspecified atom stereocenters. The van der Waals surface area contributed by atoms with Crippen molar-refractivity contribution in [3.63, 3.8) is 0 Å². The second-order valence-electron chi connectivity index (χ2n) is 5.01. The van der Waals surface area contributed by atoms with Crippen LogP contribution in [0.3, 0.4) is 0 Å². The van der Waals surface area contributed by atoms with Crippen molar-refractivity contribution in [2.24, 2.45) is 0 Å². The fourth-order valence-electron chi connectivity index (χ4n) is 2.49. The van der Waals surface area contributed by atoms with Gasteiger partial charge in [-0.3, -0.25) is 4.57 Å². The zero-order valence-corrected chi connectivity index (χ0v) is 14.0. The highest BCUT2D eigenvalue weighted by atomic mass is 35.5. The number of benzene rings is 1. The van der Waals surface area contributed by atoms with E-state index in [0.29, 0.717) is 10.8 Å². The second-order valence-corrected chi connectivity index (χ2v) is 6.39. The number of hydrogen-bond donors (Lipinski definition) is 0. The molecule has 0 radical (unpaired) electrons. The minimum Gasteiger partial charge on any atom is -0.341 e. The summed E-state index contributed by atoms with van der Waals surface area (Å²) in [6.45, 7) is 3.90. The molecule has 0 amide bonds. The van der Waals surface area contributed by atoms with E-state index in [4.69, 9.17) is 11.6 Å². The molecule has 2 aromatic rings. The van der Waals surface area contributed by atoms with E-state index < -0.39 is 0 Å². The average molecular weight is 333 g/mol. The summed E-state index contributed by atoms with van der Waals surface area (Å²) >= 11 is 7.75. The Morgan fingerprint density at radius 2 is 2.09 bits per heavy atom. The van der Waals surface area contributed by atoms with Gasteiger partial charge in [-0.25, -0.2) is 0 Å². The van der Waals surface area contributed by atoms with Crippen LogP contribution >= 0.6 is 23.4 Å². The Morgan fingerprint density at radius 1 is 1.27 bits per heavy atom. The highest BCUT2D eigenvalue weighted by Crippen LogP contribution is 2.29. The normalized spacial score (nSPS) is 14.0. The molecule has 114 valence electrons. The lowest BCUT2D eigenvalue weighted by Gasteiger charge is -2.18. The highest BCUT2D eigenvalue weighted by molar-refractivity contribution is 7.99. The third-order valence-corrected chi connectivity index (χ3v) is 4.57. The summed E-state index contributed by atoms with van der Waals surface area (Å²) in [5.74, 6) is 7.56. The van der Waals surface area contributed by atoms with Gasteiger partial charge in [-0.1, -0.05) is 35.3 Å². The van der Waals surface area contributed by atoms with Gasteiger partial charge < -0.3 is 4.90 Å². The molecule has 0 bridgehead atoms. The molecule has 0 aliphatic carbocycles. The molecular weight excluding hydrogens is 316 g/mol. The third-order valence-electron chi connectivity index (χ3n) is 3.52. The van der Waals surface area contributed by atoms with Crippen molar-refractivity contribution in [1.82, 2.24) is 14.8 Å². The Morgan fingerprint density at radius 3 is 2.82 bits per heavy atom. The Balaban J connectivity index is 2.01. The van der Waals surface area contributed by atoms with Gasteiger partial charge in [-0.15, -0.1) is 16.1 Å². The summed E-state index contributed by atoms with van der Waals surface area (Å²) in [5.41, 5.74) is 0.992. The molecular formula is C16H17ClN4S. The highest BCUT2D eigenvalue weighted by Gasteiger charge is 2.22. The average Bonchev–Trinajstić information content (AvgIpc) is 3.16. The van der Waals surface area contributed by atoms with Crippen molar-refractivity contribution in [3.8, 4) is 17.5 Å². The summed E-state index contributed by atoms with van der Waals surface area (Å²) < 4.78 is 2.08. The largest absolute Gasteiger partial charge is 0.341 e. The fraction of sp³-hybridized carbons (Fsp3) is 0.375. The van der Waals surface area contributed by atoms with Crippen molar-refractivity contribution in [2.75, 3.05) is 23.7 Å². The van der Waals surface area contributed by atoms with E-state index in [9.17, 15) is 0 Å². The number of thioether (sulfide) groups is 1. The molecule has 0 N–H and O–H groups in total. The van der Waals surface area contributed by atoms with Gasteiger partial charge >= 0.3 is 0 Å². The first-order chi connectivity index (χ1) is 10.8. The molecule has 1 aliphatic rings. The van der Waals surface area contributed by atoms with E-state index in [0.717, 1.165) is 29.9 Å². The van der Waals surface area contributed by atoms with Crippen LogP contribution in [0.2, 0.25) is 5.02 Å². The molecule has 0 spiro atoms. The van der Waals surface area contributed by atoms with Crippen LogP contribution in [-0.2, 0) is 0 Å². The van der Waals surface area contributed by atoms with Crippen molar-refractivity contribution in [3.05, 3.63) is 29.3 Å². The summed E-state index contributed by atoms with van der Waals surface area (Å²) in [6.07, 6.45) is 2.40. The smallest absolute Gasteiger partial charge is 0.232 e. The summed E-state index contributed by atoms with van der Waals surface area (Å²) in [7, 11) is 0.